The normalized spacial score (nSPS) is 16.3. The molecule has 5 heteroatoms. The minimum absolute atomic E-state index is 0.0405. The van der Waals surface area contributed by atoms with Crippen LogP contribution in [0.1, 0.15) is 46.2 Å². The zero-order valence-electron chi connectivity index (χ0n) is 14.1. The maximum Gasteiger partial charge on any atom is 0.274 e. The van der Waals surface area contributed by atoms with Crippen LogP contribution < -0.4 is 5.32 Å². The van der Waals surface area contributed by atoms with E-state index in [1.165, 1.54) is 15.9 Å². The van der Waals surface area contributed by atoms with Crippen LogP contribution in [-0.4, -0.2) is 20.9 Å². The molecule has 1 atom stereocenters. The van der Waals surface area contributed by atoms with Crippen molar-refractivity contribution in [3.05, 3.63) is 77.1 Å². The highest BCUT2D eigenvalue weighted by molar-refractivity contribution is 5.93. The van der Waals surface area contributed by atoms with E-state index in [0.29, 0.717) is 11.4 Å². The summed E-state index contributed by atoms with van der Waals surface area (Å²) in [6, 6.07) is 18.0. The van der Waals surface area contributed by atoms with Crippen molar-refractivity contribution >= 4 is 5.91 Å². The van der Waals surface area contributed by atoms with E-state index in [1.54, 1.807) is 0 Å². The van der Waals surface area contributed by atoms with Crippen LogP contribution in [0, 0.1) is 6.92 Å². The number of fused-ring (bicyclic) bond motifs is 1. The van der Waals surface area contributed by atoms with Gasteiger partial charge >= 0.3 is 0 Å². The minimum atomic E-state index is -0.165. The Labute approximate surface area is 146 Å². The van der Waals surface area contributed by atoms with Crippen LogP contribution in [0.5, 0.6) is 0 Å². The second-order valence-corrected chi connectivity index (χ2v) is 6.38. The molecule has 126 valence electrons. The van der Waals surface area contributed by atoms with E-state index in [2.05, 4.69) is 33.7 Å². The quantitative estimate of drug-likeness (QED) is 0.800. The molecule has 1 amide bonds. The summed E-state index contributed by atoms with van der Waals surface area (Å²) < 4.78 is 0. The van der Waals surface area contributed by atoms with Crippen molar-refractivity contribution in [1.29, 1.82) is 0 Å². The third-order valence-corrected chi connectivity index (χ3v) is 4.66. The lowest BCUT2D eigenvalue weighted by Crippen LogP contribution is -2.31. The van der Waals surface area contributed by atoms with E-state index in [4.69, 9.17) is 0 Å². The lowest BCUT2D eigenvalue weighted by Gasteiger charge is -2.26. The largest absolute Gasteiger partial charge is 0.344 e. The number of carbonyl (C=O) groups is 1. The average molecular weight is 332 g/mol. The third-order valence-electron chi connectivity index (χ3n) is 4.66. The van der Waals surface area contributed by atoms with Crippen LogP contribution in [-0.2, 0) is 6.42 Å². The second-order valence-electron chi connectivity index (χ2n) is 6.38. The molecule has 1 N–H and O–H groups in total. The Balaban J connectivity index is 1.58. The van der Waals surface area contributed by atoms with Crippen molar-refractivity contribution in [2.45, 2.75) is 32.2 Å². The molecule has 1 aliphatic carbocycles. The van der Waals surface area contributed by atoms with Gasteiger partial charge in [0.25, 0.3) is 5.91 Å². The van der Waals surface area contributed by atoms with Crippen molar-refractivity contribution in [1.82, 2.24) is 20.3 Å². The summed E-state index contributed by atoms with van der Waals surface area (Å²) in [5, 5.41) is 11.9. The highest BCUT2D eigenvalue weighted by Gasteiger charge is 2.24. The number of nitrogens with zero attached hydrogens (tertiary/aromatic N) is 3. The Morgan fingerprint density at radius 3 is 2.68 bits per heavy atom. The molecule has 1 unspecified atom stereocenters. The van der Waals surface area contributed by atoms with Gasteiger partial charge < -0.3 is 5.32 Å². The van der Waals surface area contributed by atoms with Gasteiger partial charge in [0.15, 0.2) is 5.69 Å². The summed E-state index contributed by atoms with van der Waals surface area (Å²) >= 11 is 0. The van der Waals surface area contributed by atoms with E-state index in [9.17, 15) is 4.79 Å². The van der Waals surface area contributed by atoms with Crippen molar-refractivity contribution in [3.8, 4) is 5.69 Å². The van der Waals surface area contributed by atoms with E-state index in [-0.39, 0.29) is 11.9 Å². The number of aryl methyl sites for hydroxylation is 2. The number of hydrogen-bond acceptors (Lipinski definition) is 3. The van der Waals surface area contributed by atoms with Crippen LogP contribution in [0.3, 0.4) is 0 Å². The van der Waals surface area contributed by atoms with Gasteiger partial charge in [0.2, 0.25) is 0 Å². The van der Waals surface area contributed by atoms with Gasteiger partial charge in [-0.1, -0.05) is 42.5 Å². The second kappa shape index (κ2) is 6.51. The fraction of sp³-hybridized carbons (Fsp3) is 0.250. The van der Waals surface area contributed by atoms with Gasteiger partial charge in [-0.2, -0.15) is 9.90 Å². The van der Waals surface area contributed by atoms with E-state index < -0.39 is 0 Å². The molecule has 1 aliphatic rings. The molecule has 3 aromatic rings. The molecule has 0 bridgehead atoms. The smallest absolute Gasteiger partial charge is 0.274 e. The lowest BCUT2D eigenvalue weighted by molar-refractivity contribution is 0.0926. The average Bonchev–Trinajstić information content (AvgIpc) is 3.05. The van der Waals surface area contributed by atoms with Crippen LogP contribution in [0.15, 0.2) is 54.6 Å². The molecule has 4 rings (SSSR count). The first-order valence-electron chi connectivity index (χ1n) is 8.60. The first kappa shape index (κ1) is 15.6. The van der Waals surface area contributed by atoms with Gasteiger partial charge in [0.05, 0.1) is 17.4 Å². The first-order chi connectivity index (χ1) is 12.2. The zero-order chi connectivity index (χ0) is 17.2. The highest BCUT2D eigenvalue weighted by Crippen LogP contribution is 2.29. The lowest BCUT2D eigenvalue weighted by atomic mass is 9.87. The van der Waals surface area contributed by atoms with Crippen molar-refractivity contribution in [2.75, 3.05) is 0 Å². The molecule has 0 fully saturated rings. The van der Waals surface area contributed by atoms with Crippen LogP contribution >= 0.6 is 0 Å². The van der Waals surface area contributed by atoms with Gasteiger partial charge in [0.1, 0.15) is 0 Å². The summed E-state index contributed by atoms with van der Waals surface area (Å²) in [6.45, 7) is 1.82. The monoisotopic (exact) mass is 332 g/mol. The summed E-state index contributed by atoms with van der Waals surface area (Å²) in [5.74, 6) is -0.165. The van der Waals surface area contributed by atoms with E-state index in [0.717, 1.165) is 24.9 Å². The summed E-state index contributed by atoms with van der Waals surface area (Å²) in [7, 11) is 0. The number of para-hydroxylation sites is 1. The van der Waals surface area contributed by atoms with Crippen LogP contribution in [0.2, 0.25) is 0 Å². The van der Waals surface area contributed by atoms with Crippen LogP contribution in [0.25, 0.3) is 5.69 Å². The molecule has 1 aromatic heterocycles. The predicted octanol–water partition coefficient (Wildman–Crippen LogP) is 3.38. The molecule has 0 saturated carbocycles. The van der Waals surface area contributed by atoms with Gasteiger partial charge in [-0.15, -0.1) is 5.10 Å². The Kier molecular flexibility index (Phi) is 4.06. The minimum Gasteiger partial charge on any atom is -0.344 e. The van der Waals surface area contributed by atoms with Gasteiger partial charge in [0, 0.05) is 0 Å². The summed E-state index contributed by atoms with van der Waals surface area (Å²) in [4.78, 5) is 14.3. The molecule has 0 saturated heterocycles. The maximum atomic E-state index is 12.8. The maximum absolute atomic E-state index is 12.8. The van der Waals surface area contributed by atoms with Gasteiger partial charge in [-0.3, -0.25) is 4.79 Å². The number of carbonyl (C=O) groups excluding carboxylic acids is 1. The van der Waals surface area contributed by atoms with Gasteiger partial charge in [-0.25, -0.2) is 0 Å². The Morgan fingerprint density at radius 1 is 1.08 bits per heavy atom. The van der Waals surface area contributed by atoms with Crippen molar-refractivity contribution in [3.63, 3.8) is 0 Å². The zero-order valence-corrected chi connectivity index (χ0v) is 14.1. The molecular formula is C20H20N4O. The fourth-order valence-electron chi connectivity index (χ4n) is 3.40. The topological polar surface area (TPSA) is 59.8 Å². The van der Waals surface area contributed by atoms with E-state index >= 15 is 0 Å². The third kappa shape index (κ3) is 3.05. The molecule has 0 radical (unpaired) electrons. The van der Waals surface area contributed by atoms with Gasteiger partial charge in [-0.05, 0) is 49.4 Å². The Morgan fingerprint density at radius 2 is 1.84 bits per heavy atom. The number of aromatic nitrogens is 3. The number of amides is 1. The molecule has 0 aliphatic heterocycles. The number of rotatable bonds is 3. The Bertz CT molecular complexity index is 901. The standard InChI is InChI=1S/C20H20N4O/c1-14-19(23-24(22-14)16-10-3-2-4-11-16)20(25)21-18-13-7-9-15-8-5-6-12-17(15)18/h2-6,8,10-12,18H,7,9,13H2,1H3,(H,21,25). The molecule has 2 aromatic carbocycles. The summed E-state index contributed by atoms with van der Waals surface area (Å²) in [6.07, 6.45) is 3.11. The number of hydrogen-bond donors (Lipinski definition) is 1. The molecule has 1 heterocycles. The fourth-order valence-corrected chi connectivity index (χ4v) is 3.40. The molecular weight excluding hydrogens is 312 g/mol. The summed E-state index contributed by atoms with van der Waals surface area (Å²) in [5.41, 5.74) is 4.39. The molecule has 5 nitrogen and oxygen atoms in total. The Hall–Kier alpha value is -2.95. The number of nitrogens with one attached hydrogen (secondary N) is 1. The highest BCUT2D eigenvalue weighted by atomic mass is 16.2. The SMILES string of the molecule is Cc1nn(-c2ccccc2)nc1C(=O)NC1CCCc2ccccc21. The van der Waals surface area contributed by atoms with Crippen molar-refractivity contribution < 1.29 is 4.79 Å². The number of benzene rings is 2. The molecule has 25 heavy (non-hydrogen) atoms. The first-order valence-corrected chi connectivity index (χ1v) is 8.60. The molecule has 0 spiro atoms. The van der Waals surface area contributed by atoms with Crippen molar-refractivity contribution in [2.24, 2.45) is 0 Å². The predicted molar refractivity (Wildman–Crippen MR) is 95.7 cm³/mol. The van der Waals surface area contributed by atoms with E-state index in [1.807, 2.05) is 43.3 Å². The van der Waals surface area contributed by atoms with Crippen LogP contribution in [0.4, 0.5) is 0 Å².